The standard InChI is InChI=1S/C13H15N3O3/c17-8-6-14-12(18)5-7-16-9-15-11-4-2-1-3-10(11)13(16)19/h1-4,9,17H,5-8H2,(H,14,18). The second-order valence-electron chi connectivity index (χ2n) is 4.08. The maximum atomic E-state index is 12.1. The Kier molecular flexibility index (Phi) is 4.25. The first-order valence-electron chi connectivity index (χ1n) is 6.04. The highest BCUT2D eigenvalue weighted by Crippen LogP contribution is 2.04. The van der Waals surface area contributed by atoms with Crippen LogP contribution in [0.5, 0.6) is 0 Å². The fourth-order valence-electron chi connectivity index (χ4n) is 1.77. The Balaban J connectivity index is 2.11. The maximum absolute atomic E-state index is 12.1. The van der Waals surface area contributed by atoms with Crippen LogP contribution in [0.4, 0.5) is 0 Å². The molecule has 1 aromatic carbocycles. The van der Waals surface area contributed by atoms with Crippen molar-refractivity contribution >= 4 is 16.8 Å². The van der Waals surface area contributed by atoms with Crippen LogP contribution in [-0.2, 0) is 11.3 Å². The summed E-state index contributed by atoms with van der Waals surface area (Å²) in [5.41, 5.74) is 0.494. The maximum Gasteiger partial charge on any atom is 0.261 e. The summed E-state index contributed by atoms with van der Waals surface area (Å²) in [5.74, 6) is -0.200. The Morgan fingerprint density at radius 3 is 2.95 bits per heavy atom. The summed E-state index contributed by atoms with van der Waals surface area (Å²) in [7, 11) is 0. The highest BCUT2D eigenvalue weighted by atomic mass is 16.3. The number of aliphatic hydroxyl groups is 1. The Hall–Kier alpha value is -2.21. The van der Waals surface area contributed by atoms with Gasteiger partial charge in [0.2, 0.25) is 5.91 Å². The second-order valence-corrected chi connectivity index (χ2v) is 4.08. The molecule has 6 nitrogen and oxygen atoms in total. The van der Waals surface area contributed by atoms with Crippen LogP contribution in [0.25, 0.3) is 10.9 Å². The number of carbonyl (C=O) groups is 1. The van der Waals surface area contributed by atoms with E-state index in [1.165, 1.54) is 10.9 Å². The minimum atomic E-state index is -0.200. The summed E-state index contributed by atoms with van der Waals surface area (Å²) in [6.45, 7) is 0.404. The first-order chi connectivity index (χ1) is 9.22. The van der Waals surface area contributed by atoms with Crippen molar-refractivity contribution < 1.29 is 9.90 Å². The number of aryl methyl sites for hydroxylation is 1. The van der Waals surface area contributed by atoms with Crippen molar-refractivity contribution in [3.05, 3.63) is 40.9 Å². The van der Waals surface area contributed by atoms with Gasteiger partial charge in [-0.05, 0) is 12.1 Å². The van der Waals surface area contributed by atoms with Crippen molar-refractivity contribution in [2.75, 3.05) is 13.2 Å². The van der Waals surface area contributed by atoms with Gasteiger partial charge in [-0.2, -0.15) is 0 Å². The van der Waals surface area contributed by atoms with E-state index < -0.39 is 0 Å². The van der Waals surface area contributed by atoms with Crippen molar-refractivity contribution in [3.63, 3.8) is 0 Å². The van der Waals surface area contributed by atoms with Crippen LogP contribution in [0.3, 0.4) is 0 Å². The van der Waals surface area contributed by atoms with E-state index in [0.717, 1.165) is 0 Å². The van der Waals surface area contributed by atoms with E-state index in [2.05, 4.69) is 10.3 Å². The molecule has 19 heavy (non-hydrogen) atoms. The van der Waals surface area contributed by atoms with Gasteiger partial charge in [0.25, 0.3) is 5.56 Å². The van der Waals surface area contributed by atoms with Crippen LogP contribution >= 0.6 is 0 Å². The first kappa shape index (κ1) is 13.2. The zero-order valence-corrected chi connectivity index (χ0v) is 10.4. The van der Waals surface area contributed by atoms with Crippen LogP contribution in [0.2, 0.25) is 0 Å². The molecule has 0 unspecified atom stereocenters. The largest absolute Gasteiger partial charge is 0.395 e. The van der Waals surface area contributed by atoms with Crippen LogP contribution < -0.4 is 10.9 Å². The van der Waals surface area contributed by atoms with Gasteiger partial charge in [-0.25, -0.2) is 4.98 Å². The van der Waals surface area contributed by atoms with Gasteiger partial charge in [-0.3, -0.25) is 14.2 Å². The number of fused-ring (bicyclic) bond motifs is 1. The lowest BCUT2D eigenvalue weighted by molar-refractivity contribution is -0.121. The Morgan fingerprint density at radius 1 is 1.37 bits per heavy atom. The number of hydrogen-bond acceptors (Lipinski definition) is 4. The molecule has 1 amide bonds. The molecule has 6 heteroatoms. The number of rotatable bonds is 5. The highest BCUT2D eigenvalue weighted by Gasteiger charge is 2.05. The van der Waals surface area contributed by atoms with E-state index in [1.807, 2.05) is 6.07 Å². The molecule has 0 aliphatic rings. The minimum Gasteiger partial charge on any atom is -0.395 e. The van der Waals surface area contributed by atoms with E-state index in [9.17, 15) is 9.59 Å². The molecule has 0 radical (unpaired) electrons. The third-order valence-corrected chi connectivity index (χ3v) is 2.75. The Morgan fingerprint density at radius 2 is 2.16 bits per heavy atom. The molecule has 0 saturated heterocycles. The average molecular weight is 261 g/mol. The third kappa shape index (κ3) is 3.17. The van der Waals surface area contributed by atoms with E-state index in [-0.39, 0.29) is 37.6 Å². The number of nitrogens with zero attached hydrogens (tertiary/aromatic N) is 2. The van der Waals surface area contributed by atoms with Crippen molar-refractivity contribution in [1.29, 1.82) is 0 Å². The number of hydrogen-bond donors (Lipinski definition) is 2. The fraction of sp³-hybridized carbons (Fsp3) is 0.308. The summed E-state index contributed by atoms with van der Waals surface area (Å²) in [5, 5.41) is 11.7. The van der Waals surface area contributed by atoms with Crippen LogP contribution in [0, 0.1) is 0 Å². The number of amides is 1. The van der Waals surface area contributed by atoms with Gasteiger partial charge in [-0.1, -0.05) is 12.1 Å². The SMILES string of the molecule is O=C(CCn1cnc2ccccc2c1=O)NCCO. The normalized spacial score (nSPS) is 10.6. The second kappa shape index (κ2) is 6.10. The zero-order chi connectivity index (χ0) is 13.7. The predicted molar refractivity (Wildman–Crippen MR) is 70.7 cm³/mol. The van der Waals surface area contributed by atoms with Gasteiger partial charge in [0.15, 0.2) is 0 Å². The third-order valence-electron chi connectivity index (χ3n) is 2.75. The number of aromatic nitrogens is 2. The first-order valence-corrected chi connectivity index (χ1v) is 6.04. The van der Waals surface area contributed by atoms with E-state index in [0.29, 0.717) is 10.9 Å². The molecule has 0 spiro atoms. The molecule has 100 valence electrons. The summed E-state index contributed by atoms with van der Waals surface area (Å²) in [6.07, 6.45) is 1.63. The Labute approximate surface area is 109 Å². The van der Waals surface area contributed by atoms with Gasteiger partial charge in [0.1, 0.15) is 0 Å². The molecule has 0 saturated carbocycles. The lowest BCUT2D eigenvalue weighted by Gasteiger charge is -2.06. The monoisotopic (exact) mass is 261 g/mol. The van der Waals surface area contributed by atoms with Crippen LogP contribution in [-0.4, -0.2) is 33.7 Å². The number of aliphatic hydroxyl groups excluding tert-OH is 1. The number of nitrogens with one attached hydrogen (secondary N) is 1. The Bertz CT molecular complexity index is 636. The molecule has 0 aliphatic heterocycles. The lowest BCUT2D eigenvalue weighted by Crippen LogP contribution is -2.29. The van der Waals surface area contributed by atoms with E-state index in [1.54, 1.807) is 18.2 Å². The lowest BCUT2D eigenvalue weighted by atomic mass is 10.2. The number of benzene rings is 1. The van der Waals surface area contributed by atoms with Gasteiger partial charge in [0, 0.05) is 19.5 Å². The van der Waals surface area contributed by atoms with Crippen molar-refractivity contribution in [3.8, 4) is 0 Å². The smallest absolute Gasteiger partial charge is 0.261 e. The molecular formula is C13H15N3O3. The molecule has 0 aliphatic carbocycles. The van der Waals surface area contributed by atoms with Crippen molar-refractivity contribution in [2.45, 2.75) is 13.0 Å². The average Bonchev–Trinajstić information content (AvgIpc) is 2.44. The summed E-state index contributed by atoms with van der Waals surface area (Å²) in [4.78, 5) is 27.7. The molecule has 0 bridgehead atoms. The van der Waals surface area contributed by atoms with Crippen molar-refractivity contribution in [2.24, 2.45) is 0 Å². The predicted octanol–water partition coefficient (Wildman–Crippen LogP) is -0.105. The van der Waals surface area contributed by atoms with Gasteiger partial charge in [-0.15, -0.1) is 0 Å². The molecular weight excluding hydrogens is 246 g/mol. The summed E-state index contributed by atoms with van der Waals surface area (Å²) >= 11 is 0. The van der Waals surface area contributed by atoms with E-state index >= 15 is 0 Å². The molecule has 0 fully saturated rings. The van der Waals surface area contributed by atoms with Gasteiger partial charge in [0.05, 0.1) is 23.8 Å². The molecule has 2 N–H and O–H groups in total. The molecule has 2 aromatic rings. The van der Waals surface area contributed by atoms with Gasteiger partial charge >= 0.3 is 0 Å². The number of para-hydroxylation sites is 1. The summed E-state index contributed by atoms with van der Waals surface area (Å²) < 4.78 is 1.42. The van der Waals surface area contributed by atoms with E-state index in [4.69, 9.17) is 5.11 Å². The molecule has 2 rings (SSSR count). The number of carbonyl (C=O) groups excluding carboxylic acids is 1. The fourth-order valence-corrected chi connectivity index (χ4v) is 1.77. The van der Waals surface area contributed by atoms with Crippen LogP contribution in [0.1, 0.15) is 6.42 Å². The van der Waals surface area contributed by atoms with Gasteiger partial charge < -0.3 is 10.4 Å². The minimum absolute atomic E-state index is 0.0940. The summed E-state index contributed by atoms with van der Waals surface area (Å²) in [6, 6.07) is 7.09. The molecule has 0 atom stereocenters. The quantitative estimate of drug-likeness (QED) is 0.787. The molecule has 1 heterocycles. The molecule has 1 aromatic heterocycles. The van der Waals surface area contributed by atoms with Crippen LogP contribution in [0.15, 0.2) is 35.4 Å². The topological polar surface area (TPSA) is 84.2 Å². The highest BCUT2D eigenvalue weighted by molar-refractivity contribution is 5.77. The van der Waals surface area contributed by atoms with Crippen molar-refractivity contribution in [1.82, 2.24) is 14.9 Å². The zero-order valence-electron chi connectivity index (χ0n) is 10.4.